The van der Waals surface area contributed by atoms with Crippen LogP contribution in [0.5, 0.6) is 0 Å². The molecule has 17 heteroatoms. The van der Waals surface area contributed by atoms with Gasteiger partial charge in [-0.2, -0.15) is 8.62 Å². The molecule has 0 aliphatic carbocycles. The predicted molar refractivity (Wildman–Crippen MR) is 68.1 cm³/mol. The number of hydrogen-bond acceptors (Lipinski definition) is 7. The van der Waals surface area contributed by atoms with Gasteiger partial charge in [-0.3, -0.25) is 0 Å². The van der Waals surface area contributed by atoms with Gasteiger partial charge in [0.1, 0.15) is 0 Å². The van der Waals surface area contributed by atoms with Crippen LogP contribution in [-0.4, -0.2) is 50.0 Å². The Balaban J connectivity index is 0.000000423. The van der Waals surface area contributed by atoms with E-state index < -0.39 is 23.5 Å². The van der Waals surface area contributed by atoms with Crippen LogP contribution in [0.2, 0.25) is 0 Å². The monoisotopic (exact) mass is 433 g/mol. The fraction of sp³-hybridized carbons (Fsp3) is 0. The number of nitrogens with one attached hydrogen (secondary N) is 1. The van der Waals surface area contributed by atoms with Crippen molar-refractivity contribution in [3.8, 4) is 0 Å². The van der Waals surface area contributed by atoms with Crippen LogP contribution in [0.4, 0.5) is 5.82 Å². The maximum atomic E-state index is 10.4. The number of rotatable bonds is 4. The second kappa shape index (κ2) is 7.89. The van der Waals surface area contributed by atoms with E-state index >= 15 is 0 Å². The van der Waals surface area contributed by atoms with Gasteiger partial charge >= 0.3 is 77.2 Å². The molecule has 1 rings (SSSR count). The Bertz CT molecular complexity index is 636. The molecule has 0 amide bonds. The summed E-state index contributed by atoms with van der Waals surface area (Å²) in [6.45, 7) is 0. The maximum absolute atomic E-state index is 10.4. The fourth-order valence-corrected chi connectivity index (χ4v) is 3.57. The summed E-state index contributed by atoms with van der Waals surface area (Å²) in [5.41, 5.74) is 5.31. The minimum absolute atomic E-state index is 0.525. The molecule has 21 heavy (non-hydrogen) atoms. The minimum Gasteiger partial charge on any atom is -0.302 e. The van der Waals surface area contributed by atoms with Gasteiger partial charge in [-0.1, -0.05) is 0 Å². The number of nitrogens with zero attached hydrogens (tertiary/aromatic N) is 1. The van der Waals surface area contributed by atoms with Gasteiger partial charge in [0, 0.05) is 0 Å². The van der Waals surface area contributed by atoms with Crippen molar-refractivity contribution >= 4 is 44.9 Å². The Morgan fingerprint density at radius 2 is 1.52 bits per heavy atom. The molecule has 0 bridgehead atoms. The Labute approximate surface area is 124 Å². The molecule has 0 spiro atoms. The first kappa shape index (κ1) is 20.8. The van der Waals surface area contributed by atoms with E-state index in [4.69, 9.17) is 30.2 Å². The van der Waals surface area contributed by atoms with Crippen molar-refractivity contribution in [3.05, 3.63) is 16.6 Å². The van der Waals surface area contributed by atoms with E-state index in [9.17, 15) is 13.7 Å². The van der Waals surface area contributed by atoms with Gasteiger partial charge in [0.05, 0.1) is 0 Å². The number of nitrogen functional groups attached to an aromatic ring is 1. The van der Waals surface area contributed by atoms with Crippen LogP contribution in [-0.2, 0) is 22.3 Å². The number of aromatic amines is 1. The summed E-state index contributed by atoms with van der Waals surface area (Å²) in [6, 6.07) is 1.70. The zero-order valence-electron chi connectivity index (χ0n) is 9.71. The smallest absolute Gasteiger partial charge is 0.302 e. The molecule has 0 aromatic carbocycles. The van der Waals surface area contributed by atoms with Crippen LogP contribution in [0.1, 0.15) is 0 Å². The van der Waals surface area contributed by atoms with E-state index in [0.717, 1.165) is 0 Å². The third-order valence-corrected chi connectivity index (χ3v) is 4.90. The number of anilines is 1. The molecule has 13 nitrogen and oxygen atoms in total. The van der Waals surface area contributed by atoms with Crippen LogP contribution in [0.3, 0.4) is 0 Å². The number of phosphoric acid groups is 3. The van der Waals surface area contributed by atoms with Gasteiger partial charge in [-0.05, 0) is 0 Å². The van der Waals surface area contributed by atoms with Crippen LogP contribution < -0.4 is 5.73 Å². The predicted octanol–water partition coefficient (Wildman–Crippen LogP) is -1.00. The first-order valence-corrected chi connectivity index (χ1v) is 9.79. The first-order chi connectivity index (χ1) is 9.20. The average molecular weight is 432 g/mol. The summed E-state index contributed by atoms with van der Waals surface area (Å²) < 4.78 is 37.1. The van der Waals surface area contributed by atoms with E-state index in [-0.39, 0.29) is 0 Å². The second-order valence-corrected chi connectivity index (χ2v) is 7.95. The third kappa shape index (κ3) is 13.2. The Morgan fingerprint density at radius 3 is 1.76 bits per heavy atom. The molecular weight excluding hydrogens is 422 g/mol. The molecule has 0 aliphatic heterocycles. The number of H-pyrrole nitrogens is 1. The van der Waals surface area contributed by atoms with Gasteiger partial charge < -0.3 is 24.5 Å². The normalized spacial score (nSPS) is 12.4. The number of hydrogen-bond donors (Lipinski definition) is 7. The molecule has 1 aromatic rings. The van der Waals surface area contributed by atoms with Crippen molar-refractivity contribution < 1.29 is 46.8 Å². The molecule has 0 radical (unpaired) electrons. The van der Waals surface area contributed by atoms with Crippen molar-refractivity contribution in [2.45, 2.75) is 0 Å². The van der Waals surface area contributed by atoms with E-state index in [1.807, 2.05) is 0 Å². The summed E-state index contributed by atoms with van der Waals surface area (Å²) in [4.78, 5) is 46.9. The van der Waals surface area contributed by atoms with E-state index in [0.29, 0.717) is 10.1 Å². The molecule has 122 valence electrons. The largest absolute Gasteiger partial charge is 0.490 e. The molecule has 0 fully saturated rings. The van der Waals surface area contributed by atoms with Crippen molar-refractivity contribution in [3.63, 3.8) is 0 Å². The van der Waals surface area contributed by atoms with Gasteiger partial charge in [0.2, 0.25) is 0 Å². The Kier molecular flexibility index (Phi) is 7.82. The van der Waals surface area contributed by atoms with Crippen LogP contribution in [0.25, 0.3) is 0 Å². The SMILES string of the molecule is Nc1cc[nH]c(=[Se])n1.O=P(O)(O)OP(=O)(O)OP(=O)(O)O. The molecule has 0 aliphatic rings. The van der Waals surface area contributed by atoms with Crippen LogP contribution >= 0.6 is 23.5 Å². The van der Waals surface area contributed by atoms with Crippen molar-refractivity contribution in [1.29, 1.82) is 0 Å². The Hall–Kier alpha value is -0.191. The molecule has 0 saturated carbocycles. The summed E-state index contributed by atoms with van der Waals surface area (Å²) in [6.07, 6.45) is 1.73. The molecular formula is C4H10N3O10P3Se. The number of aromatic nitrogens is 2. The van der Waals surface area contributed by atoms with E-state index in [2.05, 4.69) is 34.2 Å². The van der Waals surface area contributed by atoms with Gasteiger partial charge in [-0.15, -0.1) is 0 Å². The molecule has 8 N–H and O–H groups in total. The minimum atomic E-state index is -5.46. The van der Waals surface area contributed by atoms with Crippen molar-refractivity contribution in [1.82, 2.24) is 9.97 Å². The molecule has 0 saturated heterocycles. The summed E-state index contributed by atoms with van der Waals surface area (Å²) >= 11 is 2.70. The van der Waals surface area contributed by atoms with Crippen LogP contribution in [0, 0.1) is 4.32 Å². The first-order valence-electron chi connectivity index (χ1n) is 4.38. The topological polar surface area (TPSA) is 226 Å². The van der Waals surface area contributed by atoms with Gasteiger partial charge in [-0.25, -0.2) is 13.7 Å². The molecule has 1 heterocycles. The summed E-state index contributed by atoms with van der Waals surface area (Å²) in [5, 5.41) is 0. The quantitative estimate of drug-likeness (QED) is 0.225. The van der Waals surface area contributed by atoms with Gasteiger partial charge in [0.15, 0.2) is 0 Å². The fourth-order valence-electron chi connectivity index (χ4n) is 0.669. The summed E-state index contributed by atoms with van der Waals surface area (Å²) in [7, 11) is -16.2. The molecule has 0 unspecified atom stereocenters. The Morgan fingerprint density at radius 1 is 1.10 bits per heavy atom. The standard InChI is InChI=1S/C4H5N3Se.H5O10P3/c5-3-1-2-6-4(8)7-3;1-11(2,3)9-13(7,8)10-12(4,5)6/h1-2H,(H3,5,6,7,8);(H,7,8)(H2,1,2,3)(H2,4,5,6). The molecule has 0 atom stereocenters. The van der Waals surface area contributed by atoms with E-state index in [1.165, 1.54) is 0 Å². The maximum Gasteiger partial charge on any atom is 0.490 e. The zero-order valence-corrected chi connectivity index (χ0v) is 14.1. The summed E-state index contributed by atoms with van der Waals surface area (Å²) in [5.74, 6) is 0.525. The number of nitrogens with two attached hydrogens (primary N) is 1. The van der Waals surface area contributed by atoms with Crippen molar-refractivity contribution in [2.24, 2.45) is 0 Å². The van der Waals surface area contributed by atoms with Gasteiger partial charge in [0.25, 0.3) is 0 Å². The van der Waals surface area contributed by atoms with E-state index in [1.54, 1.807) is 12.3 Å². The zero-order chi connectivity index (χ0) is 16.9. The third-order valence-electron chi connectivity index (χ3n) is 1.11. The molecule has 1 aromatic heterocycles. The average Bonchev–Trinajstić information content (AvgIpc) is 2.08. The second-order valence-electron chi connectivity index (χ2n) is 2.93. The van der Waals surface area contributed by atoms with Crippen LogP contribution in [0.15, 0.2) is 12.3 Å². The van der Waals surface area contributed by atoms with Crippen molar-refractivity contribution in [2.75, 3.05) is 5.73 Å².